The second-order valence-electron chi connectivity index (χ2n) is 1.61. The zero-order valence-corrected chi connectivity index (χ0v) is 6.87. The molecule has 0 atom stereocenters. The fraction of sp³-hybridized carbons (Fsp3) is 0.800. The quantitative estimate of drug-likeness (QED) is 0.477. The van der Waals surface area contributed by atoms with E-state index in [1.54, 1.807) is 0 Å². The average molecular weight is 213 g/mol. The van der Waals surface area contributed by atoms with Gasteiger partial charge in [0.1, 0.15) is 11.4 Å². The van der Waals surface area contributed by atoms with Crippen molar-refractivity contribution >= 4 is 21.9 Å². The fourth-order valence-electron chi connectivity index (χ4n) is 0.350. The Labute approximate surface area is 66.9 Å². The molecule has 0 bridgehead atoms. The molecule has 2 N–H and O–H groups in total. The molecule has 0 aromatic rings. The van der Waals surface area contributed by atoms with E-state index in [2.05, 4.69) is 20.7 Å². The highest BCUT2D eigenvalue weighted by Crippen LogP contribution is 1.92. The van der Waals surface area contributed by atoms with Gasteiger partial charge in [-0.3, -0.25) is 4.79 Å². The van der Waals surface area contributed by atoms with Crippen molar-refractivity contribution in [3.8, 4) is 0 Å². The maximum Gasteiger partial charge on any atom is 0.317 e. The van der Waals surface area contributed by atoms with Gasteiger partial charge < -0.3 is 14.9 Å². The van der Waals surface area contributed by atoms with E-state index in [0.717, 1.165) is 0 Å². The minimum absolute atomic E-state index is 0.0729. The van der Waals surface area contributed by atoms with Crippen LogP contribution in [0.2, 0.25) is 0 Å². The minimum atomic E-state index is -0.787. The number of alkyl halides is 1. The Morgan fingerprint density at radius 1 is 1.50 bits per heavy atom. The number of aliphatic hydroxyl groups excluding tert-OH is 2. The predicted molar refractivity (Wildman–Crippen MR) is 37.8 cm³/mol. The Bertz CT molecular complexity index is 102. The topological polar surface area (TPSA) is 66.8 Å². The van der Waals surface area contributed by atoms with Crippen LogP contribution < -0.4 is 0 Å². The minimum Gasteiger partial charge on any atom is -0.457 e. The molecule has 0 heterocycles. The van der Waals surface area contributed by atoms with Gasteiger partial charge in [0.2, 0.25) is 0 Å². The number of aliphatic hydroxyl groups is 2. The van der Waals surface area contributed by atoms with E-state index in [1.165, 1.54) is 0 Å². The number of carbonyl (C=O) groups is 1. The van der Waals surface area contributed by atoms with Crippen LogP contribution in [0.3, 0.4) is 0 Å². The van der Waals surface area contributed by atoms with Gasteiger partial charge in [0.25, 0.3) is 0 Å². The normalized spacial score (nSPS) is 10.0. The lowest BCUT2D eigenvalue weighted by atomic mass is 10.4. The largest absolute Gasteiger partial charge is 0.457 e. The second kappa shape index (κ2) is 5.64. The van der Waals surface area contributed by atoms with Crippen molar-refractivity contribution in [2.24, 2.45) is 0 Å². The summed E-state index contributed by atoms with van der Waals surface area (Å²) in [4.78, 5) is 10.4. The molecule has 0 aromatic carbocycles. The summed E-state index contributed by atoms with van der Waals surface area (Å²) in [7, 11) is 0. The third kappa shape index (κ3) is 3.81. The molecule has 60 valence electrons. The predicted octanol–water partition coefficient (Wildman–Crippen LogP) is -0.722. The Morgan fingerprint density at radius 2 is 2.00 bits per heavy atom. The van der Waals surface area contributed by atoms with Gasteiger partial charge in [-0.15, -0.1) is 0 Å². The number of ether oxygens (including phenoxy) is 1. The van der Waals surface area contributed by atoms with Gasteiger partial charge in [-0.25, -0.2) is 0 Å². The Morgan fingerprint density at radius 3 is 2.30 bits per heavy atom. The van der Waals surface area contributed by atoms with Gasteiger partial charge in [-0.2, -0.15) is 0 Å². The molecule has 10 heavy (non-hydrogen) atoms. The van der Waals surface area contributed by atoms with Crippen LogP contribution in [-0.4, -0.2) is 40.8 Å². The first-order chi connectivity index (χ1) is 4.74. The van der Waals surface area contributed by atoms with E-state index in [-0.39, 0.29) is 18.5 Å². The molecule has 0 unspecified atom stereocenters. The monoisotopic (exact) mass is 212 g/mol. The maximum atomic E-state index is 10.4. The highest BCUT2D eigenvalue weighted by Gasteiger charge is 2.09. The SMILES string of the molecule is O=C(CBr)OC(CO)CO. The van der Waals surface area contributed by atoms with Crippen molar-refractivity contribution in [2.75, 3.05) is 18.5 Å². The van der Waals surface area contributed by atoms with E-state index in [1.807, 2.05) is 0 Å². The number of hydrogen-bond donors (Lipinski definition) is 2. The summed E-state index contributed by atoms with van der Waals surface area (Å²) in [5, 5.41) is 16.9. The molecule has 0 amide bonds. The molecule has 0 aliphatic rings. The molecule has 5 heteroatoms. The molecule has 0 saturated heterocycles. The summed E-state index contributed by atoms with van der Waals surface area (Å²) in [6.45, 7) is -0.704. The number of esters is 1. The van der Waals surface area contributed by atoms with Crippen molar-refractivity contribution in [2.45, 2.75) is 6.10 Å². The average Bonchev–Trinajstić information content (AvgIpc) is 1.99. The molecule has 0 radical (unpaired) electrons. The van der Waals surface area contributed by atoms with Crippen molar-refractivity contribution in [1.82, 2.24) is 0 Å². The van der Waals surface area contributed by atoms with Crippen molar-refractivity contribution in [1.29, 1.82) is 0 Å². The summed E-state index contributed by atoms with van der Waals surface area (Å²) in [6, 6.07) is 0. The van der Waals surface area contributed by atoms with Crippen LogP contribution in [0.15, 0.2) is 0 Å². The smallest absolute Gasteiger partial charge is 0.317 e. The van der Waals surface area contributed by atoms with Crippen LogP contribution in [0.1, 0.15) is 0 Å². The van der Waals surface area contributed by atoms with Crippen molar-refractivity contribution in [3.63, 3.8) is 0 Å². The van der Waals surface area contributed by atoms with E-state index in [9.17, 15) is 4.79 Å². The number of halogens is 1. The first-order valence-corrected chi connectivity index (χ1v) is 3.84. The first kappa shape index (κ1) is 9.87. The maximum absolute atomic E-state index is 10.4. The molecule has 4 nitrogen and oxygen atoms in total. The summed E-state index contributed by atoms with van der Waals surface area (Å²) in [5.74, 6) is -0.492. The Kier molecular flexibility index (Phi) is 5.57. The van der Waals surface area contributed by atoms with E-state index in [4.69, 9.17) is 10.2 Å². The van der Waals surface area contributed by atoms with Gasteiger partial charge in [-0.1, -0.05) is 15.9 Å². The summed E-state index contributed by atoms with van der Waals surface area (Å²) in [6.07, 6.45) is -0.787. The molecule has 0 fully saturated rings. The highest BCUT2D eigenvalue weighted by molar-refractivity contribution is 9.09. The molecule has 0 aliphatic carbocycles. The molecular formula is C5H9BrO4. The zero-order valence-electron chi connectivity index (χ0n) is 5.29. The molecule has 0 aromatic heterocycles. The highest BCUT2D eigenvalue weighted by atomic mass is 79.9. The van der Waals surface area contributed by atoms with E-state index < -0.39 is 12.1 Å². The van der Waals surface area contributed by atoms with E-state index >= 15 is 0 Å². The molecular weight excluding hydrogens is 204 g/mol. The van der Waals surface area contributed by atoms with Crippen LogP contribution >= 0.6 is 15.9 Å². The molecule has 0 saturated carbocycles. The fourth-order valence-corrected chi connectivity index (χ4v) is 0.482. The standard InChI is InChI=1S/C5H9BrO4/c6-1-5(9)10-4(2-7)3-8/h4,7-8H,1-3H2. The summed E-state index contributed by atoms with van der Waals surface area (Å²) >= 11 is 2.86. The first-order valence-electron chi connectivity index (χ1n) is 2.71. The van der Waals surface area contributed by atoms with Gasteiger partial charge in [-0.05, 0) is 0 Å². The zero-order chi connectivity index (χ0) is 7.98. The lowest BCUT2D eigenvalue weighted by Crippen LogP contribution is -2.25. The summed E-state index contributed by atoms with van der Waals surface area (Å²) in [5.41, 5.74) is 0. The van der Waals surface area contributed by atoms with Gasteiger partial charge in [0.05, 0.1) is 13.2 Å². The van der Waals surface area contributed by atoms with Gasteiger partial charge >= 0.3 is 5.97 Å². The van der Waals surface area contributed by atoms with Crippen LogP contribution in [-0.2, 0) is 9.53 Å². The second-order valence-corrected chi connectivity index (χ2v) is 2.17. The van der Waals surface area contributed by atoms with Crippen molar-refractivity contribution < 1.29 is 19.7 Å². The van der Waals surface area contributed by atoms with Crippen LogP contribution in [0.25, 0.3) is 0 Å². The Hall–Kier alpha value is -0.130. The van der Waals surface area contributed by atoms with Crippen molar-refractivity contribution in [3.05, 3.63) is 0 Å². The third-order valence-electron chi connectivity index (χ3n) is 0.814. The number of rotatable bonds is 4. The van der Waals surface area contributed by atoms with E-state index in [0.29, 0.717) is 0 Å². The molecule has 0 aliphatic heterocycles. The van der Waals surface area contributed by atoms with Crippen LogP contribution in [0.5, 0.6) is 0 Å². The number of hydrogen-bond acceptors (Lipinski definition) is 4. The lowest BCUT2D eigenvalue weighted by Gasteiger charge is -2.10. The molecule has 0 rings (SSSR count). The third-order valence-corrected chi connectivity index (χ3v) is 1.27. The lowest BCUT2D eigenvalue weighted by molar-refractivity contribution is -0.149. The molecule has 0 spiro atoms. The summed E-state index contributed by atoms with van der Waals surface area (Å²) < 4.78 is 4.51. The van der Waals surface area contributed by atoms with Crippen LogP contribution in [0, 0.1) is 0 Å². The van der Waals surface area contributed by atoms with Gasteiger partial charge in [0, 0.05) is 0 Å². The van der Waals surface area contributed by atoms with Crippen LogP contribution in [0.4, 0.5) is 0 Å². The Balaban J connectivity index is 3.52. The number of carbonyl (C=O) groups excluding carboxylic acids is 1. The van der Waals surface area contributed by atoms with Gasteiger partial charge in [0.15, 0.2) is 0 Å².